The Balaban J connectivity index is 2.28. The Bertz CT molecular complexity index is 669. The van der Waals surface area contributed by atoms with Crippen LogP contribution in [0.15, 0.2) is 29.2 Å². The van der Waals surface area contributed by atoms with Gasteiger partial charge in [-0.3, -0.25) is 9.59 Å². The number of carboxylic acids is 1. The number of amides is 1. The summed E-state index contributed by atoms with van der Waals surface area (Å²) in [5.74, 6) is -1.38. The zero-order valence-corrected chi connectivity index (χ0v) is 13.0. The molecule has 0 radical (unpaired) electrons. The maximum absolute atomic E-state index is 12.6. The van der Waals surface area contributed by atoms with Gasteiger partial charge in [0.1, 0.15) is 6.04 Å². The minimum atomic E-state index is -3.86. The third kappa shape index (κ3) is 3.45. The van der Waals surface area contributed by atoms with E-state index in [-0.39, 0.29) is 17.3 Å². The molecule has 0 spiro atoms. The second-order valence-corrected chi connectivity index (χ2v) is 7.06. The number of hydrogen-bond acceptors (Lipinski definition) is 4. The molecule has 7 nitrogen and oxygen atoms in total. The summed E-state index contributed by atoms with van der Waals surface area (Å²) in [6, 6.07) is 4.68. The third-order valence-corrected chi connectivity index (χ3v) is 5.44. The highest BCUT2D eigenvalue weighted by molar-refractivity contribution is 7.89. The number of anilines is 1. The summed E-state index contributed by atoms with van der Waals surface area (Å²) < 4.78 is 26.3. The molecule has 0 unspecified atom stereocenters. The quantitative estimate of drug-likeness (QED) is 0.867. The second-order valence-electron chi connectivity index (χ2n) is 5.17. The second kappa shape index (κ2) is 6.45. The van der Waals surface area contributed by atoms with Gasteiger partial charge in [-0.1, -0.05) is 0 Å². The van der Waals surface area contributed by atoms with Crippen LogP contribution in [0.2, 0.25) is 0 Å². The lowest BCUT2D eigenvalue weighted by Crippen LogP contribution is -2.47. The SMILES string of the molecule is CC(=O)Nc1ccc(S(=O)(=O)N2CCCC[C@@H]2C(=O)O)cc1. The van der Waals surface area contributed by atoms with Gasteiger partial charge in [0.05, 0.1) is 4.90 Å². The number of hydrogen-bond donors (Lipinski definition) is 2. The molecular weight excluding hydrogens is 308 g/mol. The summed E-state index contributed by atoms with van der Waals surface area (Å²) in [4.78, 5) is 22.2. The highest BCUT2D eigenvalue weighted by Crippen LogP contribution is 2.26. The predicted molar refractivity (Wildman–Crippen MR) is 79.9 cm³/mol. The van der Waals surface area contributed by atoms with Crippen LogP contribution in [0.4, 0.5) is 5.69 Å². The molecule has 1 saturated heterocycles. The molecule has 1 fully saturated rings. The van der Waals surface area contributed by atoms with Gasteiger partial charge in [0.25, 0.3) is 0 Å². The highest BCUT2D eigenvalue weighted by Gasteiger charge is 2.37. The molecule has 1 aromatic rings. The predicted octanol–water partition coefficient (Wildman–Crippen LogP) is 1.27. The van der Waals surface area contributed by atoms with Gasteiger partial charge < -0.3 is 10.4 Å². The number of rotatable bonds is 4. The maximum Gasteiger partial charge on any atom is 0.322 e. The molecule has 2 N–H and O–H groups in total. The molecule has 120 valence electrons. The number of benzene rings is 1. The molecule has 1 aromatic carbocycles. The summed E-state index contributed by atoms with van der Waals surface area (Å²) >= 11 is 0. The number of carbonyl (C=O) groups excluding carboxylic acids is 1. The molecule has 1 atom stereocenters. The van der Waals surface area contributed by atoms with Crippen molar-refractivity contribution < 1.29 is 23.1 Å². The number of piperidine rings is 1. The van der Waals surface area contributed by atoms with Gasteiger partial charge in [0.2, 0.25) is 15.9 Å². The van der Waals surface area contributed by atoms with E-state index >= 15 is 0 Å². The van der Waals surface area contributed by atoms with Crippen LogP contribution < -0.4 is 5.32 Å². The Labute approximate surface area is 129 Å². The fourth-order valence-electron chi connectivity index (χ4n) is 2.49. The first-order valence-corrected chi connectivity index (χ1v) is 8.38. The molecule has 0 bridgehead atoms. The van der Waals surface area contributed by atoms with Crippen LogP contribution in [0.1, 0.15) is 26.2 Å². The normalized spacial score (nSPS) is 19.6. The van der Waals surface area contributed by atoms with Crippen molar-refractivity contribution >= 4 is 27.6 Å². The van der Waals surface area contributed by atoms with E-state index in [9.17, 15) is 23.1 Å². The molecule has 1 aliphatic rings. The zero-order chi connectivity index (χ0) is 16.3. The first-order chi connectivity index (χ1) is 10.3. The van der Waals surface area contributed by atoms with Crippen molar-refractivity contribution in [3.63, 3.8) is 0 Å². The van der Waals surface area contributed by atoms with E-state index in [1.165, 1.54) is 31.2 Å². The Kier molecular flexibility index (Phi) is 4.82. The minimum absolute atomic E-state index is 0.0229. The van der Waals surface area contributed by atoms with Crippen LogP contribution in [0.25, 0.3) is 0 Å². The fraction of sp³-hybridized carbons (Fsp3) is 0.429. The lowest BCUT2D eigenvalue weighted by molar-refractivity contribution is -0.142. The van der Waals surface area contributed by atoms with Gasteiger partial charge in [0.15, 0.2) is 0 Å². The van der Waals surface area contributed by atoms with Crippen LogP contribution in [0, 0.1) is 0 Å². The molecule has 0 aliphatic carbocycles. The van der Waals surface area contributed by atoms with Crippen molar-refractivity contribution in [3.8, 4) is 0 Å². The Morgan fingerprint density at radius 1 is 1.23 bits per heavy atom. The number of aliphatic carboxylic acids is 1. The largest absolute Gasteiger partial charge is 0.480 e. The summed E-state index contributed by atoms with van der Waals surface area (Å²) in [7, 11) is -3.86. The van der Waals surface area contributed by atoms with E-state index in [2.05, 4.69) is 5.32 Å². The van der Waals surface area contributed by atoms with Crippen molar-refractivity contribution in [1.82, 2.24) is 4.31 Å². The summed E-state index contributed by atoms with van der Waals surface area (Å²) in [6.07, 6.45) is 1.66. The molecule has 0 saturated carbocycles. The number of sulfonamides is 1. The number of nitrogens with zero attached hydrogens (tertiary/aromatic N) is 1. The Morgan fingerprint density at radius 3 is 2.41 bits per heavy atom. The van der Waals surface area contributed by atoms with E-state index in [1.807, 2.05) is 0 Å². The monoisotopic (exact) mass is 326 g/mol. The lowest BCUT2D eigenvalue weighted by atomic mass is 10.1. The highest BCUT2D eigenvalue weighted by atomic mass is 32.2. The summed E-state index contributed by atoms with van der Waals surface area (Å²) in [6.45, 7) is 1.56. The van der Waals surface area contributed by atoms with Crippen LogP contribution in [-0.4, -0.2) is 42.3 Å². The topological polar surface area (TPSA) is 104 Å². The van der Waals surface area contributed by atoms with Gasteiger partial charge in [-0.2, -0.15) is 4.31 Å². The molecule has 22 heavy (non-hydrogen) atoms. The van der Waals surface area contributed by atoms with E-state index in [0.717, 1.165) is 4.31 Å². The average molecular weight is 326 g/mol. The molecule has 1 aliphatic heterocycles. The van der Waals surface area contributed by atoms with Gasteiger partial charge in [-0.15, -0.1) is 0 Å². The van der Waals surface area contributed by atoms with Crippen molar-refractivity contribution in [3.05, 3.63) is 24.3 Å². The third-order valence-electron chi connectivity index (χ3n) is 3.52. The van der Waals surface area contributed by atoms with Crippen molar-refractivity contribution in [2.24, 2.45) is 0 Å². The zero-order valence-electron chi connectivity index (χ0n) is 12.2. The maximum atomic E-state index is 12.6. The van der Waals surface area contributed by atoms with Gasteiger partial charge in [-0.25, -0.2) is 8.42 Å². The standard InChI is InChI=1S/C14H18N2O5S/c1-10(17)15-11-5-7-12(8-6-11)22(20,21)16-9-3-2-4-13(16)14(18)19/h5-8,13H,2-4,9H2,1H3,(H,15,17)(H,18,19)/t13-/m1/s1. The molecule has 2 rings (SSSR count). The van der Waals surface area contributed by atoms with Crippen molar-refractivity contribution in [2.75, 3.05) is 11.9 Å². The summed E-state index contributed by atoms with van der Waals surface area (Å²) in [5.41, 5.74) is 0.486. The molecule has 1 amide bonds. The smallest absolute Gasteiger partial charge is 0.322 e. The van der Waals surface area contributed by atoms with Gasteiger partial charge >= 0.3 is 5.97 Å². The van der Waals surface area contributed by atoms with Crippen LogP contribution in [0.5, 0.6) is 0 Å². The number of carbonyl (C=O) groups is 2. The lowest BCUT2D eigenvalue weighted by Gasteiger charge is -2.31. The van der Waals surface area contributed by atoms with E-state index in [4.69, 9.17) is 0 Å². The van der Waals surface area contributed by atoms with Crippen molar-refractivity contribution in [2.45, 2.75) is 37.1 Å². The van der Waals surface area contributed by atoms with E-state index in [1.54, 1.807) is 0 Å². The van der Waals surface area contributed by atoms with Gasteiger partial charge in [0, 0.05) is 19.2 Å². The number of carboxylic acid groups (broad SMARTS) is 1. The van der Waals surface area contributed by atoms with Crippen LogP contribution in [0.3, 0.4) is 0 Å². The van der Waals surface area contributed by atoms with Gasteiger partial charge in [-0.05, 0) is 43.5 Å². The van der Waals surface area contributed by atoms with Crippen LogP contribution in [-0.2, 0) is 19.6 Å². The van der Waals surface area contributed by atoms with E-state index < -0.39 is 22.0 Å². The fourth-order valence-corrected chi connectivity index (χ4v) is 4.14. The van der Waals surface area contributed by atoms with Crippen molar-refractivity contribution in [1.29, 1.82) is 0 Å². The Hall–Kier alpha value is -1.93. The first kappa shape index (κ1) is 16.4. The first-order valence-electron chi connectivity index (χ1n) is 6.94. The molecule has 1 heterocycles. The Morgan fingerprint density at radius 2 is 1.86 bits per heavy atom. The molecule has 0 aromatic heterocycles. The summed E-state index contributed by atoms with van der Waals surface area (Å²) in [5, 5.41) is 11.8. The number of nitrogens with one attached hydrogen (secondary N) is 1. The molecule has 8 heteroatoms. The van der Waals surface area contributed by atoms with E-state index in [0.29, 0.717) is 24.9 Å². The van der Waals surface area contributed by atoms with Crippen LogP contribution >= 0.6 is 0 Å². The molecular formula is C14H18N2O5S. The minimum Gasteiger partial charge on any atom is -0.480 e. The average Bonchev–Trinajstić information content (AvgIpc) is 2.47.